The van der Waals surface area contributed by atoms with Crippen molar-refractivity contribution in [1.82, 2.24) is 24.6 Å². The molecule has 4 aromatic rings. The molecular weight excluding hydrogens is 426 g/mol. The average Bonchev–Trinajstić information content (AvgIpc) is 3.26. The number of nitrogens with one attached hydrogen (secondary N) is 1. The Bertz CT molecular complexity index is 1230. The summed E-state index contributed by atoms with van der Waals surface area (Å²) in [6.45, 7) is 4.52. The molecule has 9 heteroatoms. The van der Waals surface area contributed by atoms with Crippen LogP contribution in [-0.2, 0) is 11.3 Å². The number of rotatable bonds is 6. The van der Waals surface area contributed by atoms with Crippen LogP contribution in [0.3, 0.4) is 0 Å². The van der Waals surface area contributed by atoms with Gasteiger partial charge in [-0.3, -0.25) is 10.3 Å². The van der Waals surface area contributed by atoms with Crippen LogP contribution in [0.15, 0.2) is 66.2 Å². The van der Waals surface area contributed by atoms with Crippen LogP contribution in [0.1, 0.15) is 11.1 Å². The van der Waals surface area contributed by atoms with Crippen LogP contribution < -0.4 is 5.43 Å². The second-order valence-electron chi connectivity index (χ2n) is 7.50. The van der Waals surface area contributed by atoms with E-state index in [4.69, 9.17) is 16.3 Å². The Kier molecular flexibility index (Phi) is 6.06. The van der Waals surface area contributed by atoms with Crippen molar-refractivity contribution in [3.63, 3.8) is 0 Å². The maximum absolute atomic E-state index is 6.12. The number of anilines is 1. The van der Waals surface area contributed by atoms with E-state index in [1.807, 2.05) is 24.3 Å². The summed E-state index contributed by atoms with van der Waals surface area (Å²) >= 11 is 6.12. The van der Waals surface area contributed by atoms with Gasteiger partial charge < -0.3 is 4.74 Å². The lowest BCUT2D eigenvalue weighted by Gasteiger charge is -2.26. The van der Waals surface area contributed by atoms with Crippen molar-refractivity contribution in [3.05, 3.63) is 77.2 Å². The number of nitrogens with zero attached hydrogens (tertiary/aromatic N) is 6. The van der Waals surface area contributed by atoms with E-state index in [1.54, 1.807) is 17.1 Å². The zero-order valence-electron chi connectivity index (χ0n) is 17.4. The molecule has 1 saturated heterocycles. The molecule has 32 heavy (non-hydrogen) atoms. The molecule has 0 unspecified atom stereocenters. The van der Waals surface area contributed by atoms with Gasteiger partial charge in [0.1, 0.15) is 6.33 Å². The van der Waals surface area contributed by atoms with Crippen molar-refractivity contribution in [2.24, 2.45) is 5.10 Å². The minimum Gasteiger partial charge on any atom is -0.379 e. The number of morpholine rings is 1. The first-order valence-corrected chi connectivity index (χ1v) is 10.8. The Morgan fingerprint density at radius 2 is 1.94 bits per heavy atom. The topological polar surface area (TPSA) is 80.5 Å². The highest BCUT2D eigenvalue weighted by Crippen LogP contribution is 2.23. The smallest absolute Gasteiger partial charge is 0.168 e. The highest BCUT2D eigenvalue weighted by atomic mass is 35.5. The number of hydrazone groups is 1. The van der Waals surface area contributed by atoms with E-state index in [-0.39, 0.29) is 0 Å². The minimum atomic E-state index is 0.587. The molecule has 0 spiro atoms. The number of halogens is 1. The Hall–Kier alpha value is -3.33. The van der Waals surface area contributed by atoms with Crippen LogP contribution in [0.25, 0.3) is 16.7 Å². The Balaban J connectivity index is 1.28. The summed E-state index contributed by atoms with van der Waals surface area (Å²) in [5.74, 6) is 0.587. The van der Waals surface area contributed by atoms with Gasteiger partial charge in [0.25, 0.3) is 0 Å². The summed E-state index contributed by atoms with van der Waals surface area (Å²) in [4.78, 5) is 11.1. The van der Waals surface area contributed by atoms with Crippen molar-refractivity contribution < 1.29 is 4.74 Å². The molecule has 3 heterocycles. The van der Waals surface area contributed by atoms with Gasteiger partial charge in [0.2, 0.25) is 0 Å². The molecule has 1 aliphatic heterocycles. The second-order valence-corrected chi connectivity index (χ2v) is 7.93. The van der Waals surface area contributed by atoms with Gasteiger partial charge in [0, 0.05) is 24.7 Å². The Labute approximate surface area is 190 Å². The fraction of sp³-hybridized carbons (Fsp3) is 0.217. The highest BCUT2D eigenvalue weighted by Gasteiger charge is 2.12. The molecule has 0 aliphatic carbocycles. The van der Waals surface area contributed by atoms with E-state index >= 15 is 0 Å². The van der Waals surface area contributed by atoms with E-state index in [2.05, 4.69) is 54.8 Å². The SMILES string of the molecule is Clc1cccc(-n2ncc3c(N/N=C/c4ccc(CN5CCOCC5)cc4)ncnc32)c1. The van der Waals surface area contributed by atoms with E-state index < -0.39 is 0 Å². The van der Waals surface area contributed by atoms with Gasteiger partial charge >= 0.3 is 0 Å². The van der Waals surface area contributed by atoms with Crippen molar-refractivity contribution >= 4 is 34.7 Å². The van der Waals surface area contributed by atoms with Crippen LogP contribution in [0.2, 0.25) is 5.02 Å². The van der Waals surface area contributed by atoms with Crippen molar-refractivity contribution in [2.75, 3.05) is 31.7 Å². The molecule has 0 bridgehead atoms. The zero-order valence-corrected chi connectivity index (χ0v) is 18.1. The molecular formula is C23H22ClN7O. The predicted molar refractivity (Wildman–Crippen MR) is 125 cm³/mol. The van der Waals surface area contributed by atoms with E-state index in [9.17, 15) is 0 Å². The number of aromatic nitrogens is 4. The number of benzene rings is 2. The third-order valence-corrected chi connectivity index (χ3v) is 5.53. The third-order valence-electron chi connectivity index (χ3n) is 5.29. The van der Waals surface area contributed by atoms with Gasteiger partial charge in [-0.1, -0.05) is 41.9 Å². The molecule has 0 amide bonds. The number of hydrogen-bond acceptors (Lipinski definition) is 7. The monoisotopic (exact) mass is 447 g/mol. The minimum absolute atomic E-state index is 0.587. The standard InChI is InChI=1S/C23H22ClN7O/c24-19-2-1-3-20(12-19)31-23-21(14-28-31)22(25-16-26-23)29-27-13-17-4-6-18(7-5-17)15-30-8-10-32-11-9-30/h1-7,12-14,16H,8-11,15H2,(H,25,26,29)/b27-13+. The molecule has 8 nitrogen and oxygen atoms in total. The predicted octanol–water partition coefficient (Wildman–Crippen LogP) is 3.75. The van der Waals surface area contributed by atoms with Crippen LogP contribution in [-0.4, -0.2) is 57.2 Å². The van der Waals surface area contributed by atoms with Gasteiger partial charge in [0.15, 0.2) is 11.5 Å². The van der Waals surface area contributed by atoms with Gasteiger partial charge in [-0.05, 0) is 29.3 Å². The third kappa shape index (κ3) is 4.62. The summed E-state index contributed by atoms with van der Waals surface area (Å²) in [5.41, 5.74) is 6.80. The molecule has 0 radical (unpaired) electrons. The van der Waals surface area contributed by atoms with E-state index in [1.165, 1.54) is 11.9 Å². The van der Waals surface area contributed by atoms with Crippen molar-refractivity contribution in [2.45, 2.75) is 6.54 Å². The summed E-state index contributed by atoms with van der Waals surface area (Å²) in [7, 11) is 0. The lowest BCUT2D eigenvalue weighted by atomic mass is 10.1. The highest BCUT2D eigenvalue weighted by molar-refractivity contribution is 6.30. The van der Waals surface area contributed by atoms with Gasteiger partial charge in [-0.2, -0.15) is 10.2 Å². The normalized spacial score (nSPS) is 14.9. The lowest BCUT2D eigenvalue weighted by molar-refractivity contribution is 0.0342. The lowest BCUT2D eigenvalue weighted by Crippen LogP contribution is -2.35. The van der Waals surface area contributed by atoms with Crippen molar-refractivity contribution in [1.29, 1.82) is 0 Å². The quantitative estimate of drug-likeness (QED) is 0.358. The first kappa shape index (κ1) is 20.6. The first-order valence-electron chi connectivity index (χ1n) is 10.4. The fourth-order valence-electron chi connectivity index (χ4n) is 3.62. The number of hydrogen-bond donors (Lipinski definition) is 1. The van der Waals surface area contributed by atoms with Crippen LogP contribution in [0, 0.1) is 0 Å². The summed E-state index contributed by atoms with van der Waals surface area (Å²) in [6.07, 6.45) is 4.98. The zero-order chi connectivity index (χ0) is 21.8. The van der Waals surface area contributed by atoms with Gasteiger partial charge in [0.05, 0.1) is 36.7 Å². The molecule has 1 aliphatic rings. The van der Waals surface area contributed by atoms with Crippen LogP contribution in [0.5, 0.6) is 0 Å². The summed E-state index contributed by atoms with van der Waals surface area (Å²) in [6, 6.07) is 15.9. The number of fused-ring (bicyclic) bond motifs is 1. The Morgan fingerprint density at radius 3 is 2.75 bits per heavy atom. The fourth-order valence-corrected chi connectivity index (χ4v) is 3.81. The molecule has 2 aromatic carbocycles. The molecule has 0 saturated carbocycles. The summed E-state index contributed by atoms with van der Waals surface area (Å²) in [5, 5.41) is 10.2. The van der Waals surface area contributed by atoms with Crippen LogP contribution >= 0.6 is 11.6 Å². The van der Waals surface area contributed by atoms with Crippen molar-refractivity contribution in [3.8, 4) is 5.69 Å². The van der Waals surface area contributed by atoms with Gasteiger partial charge in [-0.15, -0.1) is 0 Å². The molecule has 1 N–H and O–H groups in total. The second kappa shape index (κ2) is 9.44. The maximum Gasteiger partial charge on any atom is 0.168 e. The molecule has 5 rings (SSSR count). The molecule has 2 aromatic heterocycles. The largest absolute Gasteiger partial charge is 0.379 e. The first-order chi connectivity index (χ1) is 15.8. The van der Waals surface area contributed by atoms with Gasteiger partial charge in [-0.25, -0.2) is 14.6 Å². The Morgan fingerprint density at radius 1 is 1.09 bits per heavy atom. The maximum atomic E-state index is 6.12. The van der Waals surface area contributed by atoms with Crippen LogP contribution in [0.4, 0.5) is 5.82 Å². The molecule has 162 valence electrons. The summed E-state index contributed by atoms with van der Waals surface area (Å²) < 4.78 is 7.13. The molecule has 1 fully saturated rings. The molecule has 0 atom stereocenters. The average molecular weight is 448 g/mol. The van der Waals surface area contributed by atoms with E-state index in [0.717, 1.165) is 49.5 Å². The number of ether oxygens (including phenoxy) is 1. The van der Waals surface area contributed by atoms with E-state index in [0.29, 0.717) is 16.5 Å².